The highest BCUT2D eigenvalue weighted by Gasteiger charge is 2.18. The lowest BCUT2D eigenvalue weighted by Gasteiger charge is -2.01. The van der Waals surface area contributed by atoms with Crippen molar-refractivity contribution in [2.45, 2.75) is 0 Å². The zero-order valence-electron chi connectivity index (χ0n) is 7.01. The first kappa shape index (κ1) is 10.4. The van der Waals surface area contributed by atoms with Gasteiger partial charge in [-0.1, -0.05) is 36.3 Å². The third-order valence-electron chi connectivity index (χ3n) is 1.39. The quantitative estimate of drug-likeness (QED) is 0.383. The molecule has 0 fully saturated rings. The predicted octanol–water partition coefficient (Wildman–Crippen LogP) is 2.26. The number of Topliss-reactive ketones (excluding diaryl/α,β-unsaturated/α-hetero) is 1. The summed E-state index contributed by atoms with van der Waals surface area (Å²) in [5, 5.41) is 0. The van der Waals surface area contributed by atoms with Crippen LogP contribution in [0.3, 0.4) is 0 Å². The lowest BCUT2D eigenvalue weighted by Crippen LogP contribution is -2.11. The number of rotatable bonds is 1. The zero-order valence-corrected chi connectivity index (χ0v) is 7.01. The fraction of sp³-hybridized carbons (Fsp3) is 0. The van der Waals surface area contributed by atoms with Crippen molar-refractivity contribution in [1.82, 2.24) is 0 Å². The second-order valence-electron chi connectivity index (χ2n) is 2.54. The van der Waals surface area contributed by atoms with Crippen molar-refractivity contribution in [3.8, 4) is 11.7 Å². The van der Waals surface area contributed by atoms with Gasteiger partial charge in [-0.3, -0.25) is 4.79 Å². The van der Waals surface area contributed by atoms with Crippen LogP contribution in [0.15, 0.2) is 30.3 Å². The van der Waals surface area contributed by atoms with Crippen molar-refractivity contribution in [3.63, 3.8) is 0 Å². The normalized spacial score (nSPS) is 10.2. The van der Waals surface area contributed by atoms with Crippen LogP contribution in [0, 0.1) is 11.7 Å². The minimum Gasteiger partial charge on any atom is -0.438 e. The highest BCUT2D eigenvalue weighted by Crippen LogP contribution is 2.05. The molecule has 0 saturated carbocycles. The number of halogens is 3. The van der Waals surface area contributed by atoms with Crippen LogP contribution in [-0.4, -0.2) is 12.8 Å². The first-order valence-electron chi connectivity index (χ1n) is 3.81. The molecule has 0 N–H and O–H groups in total. The molecule has 0 unspecified atom stereocenters. The predicted molar refractivity (Wildman–Crippen MR) is 47.6 cm³/mol. The summed E-state index contributed by atoms with van der Waals surface area (Å²) in [6.07, 6.45) is 0. The van der Waals surface area contributed by atoms with Gasteiger partial charge in [0, 0.05) is 5.56 Å². The van der Waals surface area contributed by atoms with Gasteiger partial charge in [-0.15, -0.1) is 0 Å². The summed E-state index contributed by atoms with van der Waals surface area (Å²) in [4.78, 5) is 11.0. The minimum atomic E-state index is -5.21. The smallest absolute Gasteiger partial charge is 0.438 e. The van der Waals surface area contributed by atoms with Crippen LogP contribution in [0.2, 0.25) is 0 Å². The van der Waals surface area contributed by atoms with E-state index >= 15 is 0 Å². The molecule has 0 aliphatic rings. The largest absolute Gasteiger partial charge is 0.558 e. The number of hydrogen-bond donors (Lipinski definition) is 0. The van der Waals surface area contributed by atoms with Gasteiger partial charge in [0.15, 0.2) is 0 Å². The Morgan fingerprint density at radius 3 is 2.21 bits per heavy atom. The summed E-state index contributed by atoms with van der Waals surface area (Å²) in [5.41, 5.74) is 0.167. The third-order valence-corrected chi connectivity index (χ3v) is 1.39. The van der Waals surface area contributed by atoms with E-state index in [-0.39, 0.29) is 5.56 Å². The lowest BCUT2D eigenvalue weighted by molar-refractivity contribution is 0.105. The van der Waals surface area contributed by atoms with Gasteiger partial charge < -0.3 is 12.9 Å². The first-order chi connectivity index (χ1) is 6.49. The van der Waals surface area contributed by atoms with Gasteiger partial charge in [-0.25, -0.2) is 0 Å². The van der Waals surface area contributed by atoms with Crippen LogP contribution in [0.4, 0.5) is 12.9 Å². The van der Waals surface area contributed by atoms with Crippen molar-refractivity contribution in [1.29, 1.82) is 0 Å². The van der Waals surface area contributed by atoms with E-state index < -0.39 is 12.8 Å². The average Bonchev–Trinajstić information content (AvgIpc) is 2.14. The SMILES string of the molecule is O=C(C#C[B-](F)(F)F)c1ccccc1. The summed E-state index contributed by atoms with van der Waals surface area (Å²) in [5.74, 6) is 1.72. The van der Waals surface area contributed by atoms with Crippen LogP contribution < -0.4 is 0 Å². The minimum absolute atomic E-state index is 0.167. The fourth-order valence-electron chi connectivity index (χ4n) is 0.809. The summed E-state index contributed by atoms with van der Waals surface area (Å²) in [6, 6.07) is 7.62. The molecule has 1 aromatic carbocycles. The molecule has 0 amide bonds. The maximum atomic E-state index is 11.7. The molecule has 0 aliphatic carbocycles. The molecule has 72 valence electrons. The second-order valence-corrected chi connectivity index (χ2v) is 2.54. The Bertz CT molecular complexity index is 386. The van der Waals surface area contributed by atoms with Gasteiger partial charge in [0.05, 0.1) is 0 Å². The van der Waals surface area contributed by atoms with E-state index in [1.807, 2.05) is 0 Å². The van der Waals surface area contributed by atoms with Crippen LogP contribution in [-0.2, 0) is 0 Å². The Kier molecular flexibility index (Phi) is 2.97. The van der Waals surface area contributed by atoms with Gasteiger partial charge in [0.1, 0.15) is 0 Å². The van der Waals surface area contributed by atoms with Crippen molar-refractivity contribution < 1.29 is 17.7 Å². The Morgan fingerprint density at radius 2 is 1.71 bits per heavy atom. The van der Waals surface area contributed by atoms with Crippen LogP contribution in [0.25, 0.3) is 0 Å². The van der Waals surface area contributed by atoms with Gasteiger partial charge >= 0.3 is 6.98 Å². The molecule has 0 spiro atoms. The standard InChI is InChI=1S/C9H5BF3O/c11-10(12,13)7-6-9(14)8-4-2-1-3-5-8/h1-5H/q-1. The molecule has 1 rings (SSSR count). The van der Waals surface area contributed by atoms with E-state index in [0.717, 1.165) is 5.82 Å². The van der Waals surface area contributed by atoms with Crippen molar-refractivity contribution in [3.05, 3.63) is 35.9 Å². The van der Waals surface area contributed by atoms with E-state index in [1.54, 1.807) is 24.1 Å². The van der Waals surface area contributed by atoms with Gasteiger partial charge in [-0.05, 0) is 0 Å². The second kappa shape index (κ2) is 4.01. The Balaban J connectivity index is 2.82. The summed E-state index contributed by atoms with van der Waals surface area (Å²) >= 11 is 0. The molecule has 0 radical (unpaired) electrons. The van der Waals surface area contributed by atoms with Crippen molar-refractivity contribution in [2.24, 2.45) is 0 Å². The topological polar surface area (TPSA) is 17.1 Å². The number of carbonyl (C=O) groups excluding carboxylic acids is 1. The van der Waals surface area contributed by atoms with Gasteiger partial charge in [0.2, 0.25) is 5.78 Å². The van der Waals surface area contributed by atoms with E-state index in [9.17, 15) is 17.7 Å². The van der Waals surface area contributed by atoms with Crippen LogP contribution in [0.1, 0.15) is 10.4 Å². The molecule has 0 bridgehead atoms. The van der Waals surface area contributed by atoms with E-state index in [1.165, 1.54) is 12.1 Å². The third kappa shape index (κ3) is 3.36. The molecular formula is C9H5BF3O-. The van der Waals surface area contributed by atoms with E-state index in [0.29, 0.717) is 0 Å². The molecule has 5 heteroatoms. The van der Waals surface area contributed by atoms with Crippen LogP contribution in [0.5, 0.6) is 0 Å². The van der Waals surface area contributed by atoms with Crippen molar-refractivity contribution >= 4 is 12.8 Å². The lowest BCUT2D eigenvalue weighted by atomic mass is 9.93. The Morgan fingerprint density at radius 1 is 1.14 bits per heavy atom. The fourth-order valence-corrected chi connectivity index (χ4v) is 0.809. The van der Waals surface area contributed by atoms with E-state index in [4.69, 9.17) is 0 Å². The molecule has 14 heavy (non-hydrogen) atoms. The Hall–Kier alpha value is -1.70. The van der Waals surface area contributed by atoms with Crippen LogP contribution >= 0.6 is 0 Å². The molecule has 0 heterocycles. The summed E-state index contributed by atoms with van der Waals surface area (Å²) in [7, 11) is 0. The molecule has 1 aromatic rings. The number of hydrogen-bond acceptors (Lipinski definition) is 1. The zero-order chi connectivity index (χ0) is 10.6. The highest BCUT2D eigenvalue weighted by atomic mass is 19.4. The summed E-state index contributed by atoms with van der Waals surface area (Å²) in [6.45, 7) is -5.21. The Labute approximate surface area is 79.0 Å². The van der Waals surface area contributed by atoms with Gasteiger partial charge in [0.25, 0.3) is 0 Å². The summed E-state index contributed by atoms with van der Waals surface area (Å²) < 4.78 is 35.0. The highest BCUT2D eigenvalue weighted by molar-refractivity contribution is 6.68. The molecule has 0 atom stereocenters. The average molecular weight is 197 g/mol. The first-order valence-corrected chi connectivity index (χ1v) is 3.81. The monoisotopic (exact) mass is 197 g/mol. The maximum Gasteiger partial charge on any atom is 0.558 e. The van der Waals surface area contributed by atoms with Gasteiger partial charge in [-0.2, -0.15) is 5.82 Å². The number of carbonyl (C=O) groups is 1. The molecule has 0 aliphatic heterocycles. The molecule has 1 nitrogen and oxygen atoms in total. The molecular weight excluding hydrogens is 192 g/mol. The van der Waals surface area contributed by atoms with Crippen molar-refractivity contribution in [2.75, 3.05) is 0 Å². The maximum absolute atomic E-state index is 11.7. The molecule has 0 saturated heterocycles. The van der Waals surface area contributed by atoms with E-state index in [2.05, 4.69) is 0 Å². The number of ketones is 1. The number of benzene rings is 1. The molecule has 0 aromatic heterocycles.